The molecule has 2 aromatic carbocycles. The molecule has 5 aromatic rings. The molecule has 2 aliphatic heterocycles. The highest BCUT2D eigenvalue weighted by Crippen LogP contribution is 2.35. The standard InChI is InChI=1S/C29H28N8O2/c1-30-20-9-10-22-24(17-20)36(19-32-22)28-31-18-25-27(33-28)37(23-11-16-39-26-8-4-3-7-21(23)26)29(38)35(25)15-14-34-12-5-2-6-13-34/h3-4,7-10,17-19,23H,2,5-6,11-16H2. The van der Waals surface area contributed by atoms with E-state index >= 15 is 0 Å². The zero-order valence-corrected chi connectivity index (χ0v) is 21.5. The quantitative estimate of drug-likeness (QED) is 0.321. The first-order valence-electron chi connectivity index (χ1n) is 13.5. The van der Waals surface area contributed by atoms with Gasteiger partial charge < -0.3 is 9.64 Å². The highest BCUT2D eigenvalue weighted by Gasteiger charge is 2.29. The minimum Gasteiger partial charge on any atom is -0.493 e. The largest absolute Gasteiger partial charge is 0.493 e. The molecular formula is C29H28N8O2. The summed E-state index contributed by atoms with van der Waals surface area (Å²) in [6.45, 7) is 11.5. The minimum absolute atomic E-state index is 0.0825. The normalized spacial score (nSPS) is 17.7. The van der Waals surface area contributed by atoms with Crippen molar-refractivity contribution in [1.82, 2.24) is 33.6 Å². The van der Waals surface area contributed by atoms with Crippen molar-refractivity contribution < 1.29 is 4.74 Å². The molecule has 0 radical (unpaired) electrons. The van der Waals surface area contributed by atoms with Gasteiger partial charge in [-0.3, -0.25) is 13.7 Å². The Morgan fingerprint density at radius 3 is 2.77 bits per heavy atom. The number of hydrogen-bond acceptors (Lipinski definition) is 6. The Kier molecular flexibility index (Phi) is 5.86. The van der Waals surface area contributed by atoms with E-state index in [0.717, 1.165) is 47.5 Å². The molecule has 1 saturated heterocycles. The van der Waals surface area contributed by atoms with Crippen LogP contribution in [0.4, 0.5) is 5.69 Å². The summed E-state index contributed by atoms with van der Waals surface area (Å²) in [5, 5.41) is 0. The van der Waals surface area contributed by atoms with Crippen LogP contribution in [-0.4, -0.2) is 59.8 Å². The highest BCUT2D eigenvalue weighted by molar-refractivity contribution is 5.81. The number of fused-ring (bicyclic) bond motifs is 3. The van der Waals surface area contributed by atoms with Crippen molar-refractivity contribution in [1.29, 1.82) is 0 Å². The second-order valence-corrected chi connectivity index (χ2v) is 10.2. The zero-order chi connectivity index (χ0) is 26.3. The van der Waals surface area contributed by atoms with Crippen LogP contribution in [0.2, 0.25) is 0 Å². The van der Waals surface area contributed by atoms with Gasteiger partial charge in [-0.1, -0.05) is 30.7 Å². The molecule has 5 heterocycles. The molecule has 7 rings (SSSR count). The van der Waals surface area contributed by atoms with Gasteiger partial charge in [-0.05, 0) is 44.1 Å². The maximum atomic E-state index is 14.1. The van der Waals surface area contributed by atoms with Crippen molar-refractivity contribution in [2.45, 2.75) is 38.3 Å². The Bertz CT molecular complexity index is 1790. The molecule has 1 unspecified atom stereocenters. The fraction of sp³-hybridized carbons (Fsp3) is 0.345. The molecule has 0 amide bonds. The number of aromatic nitrogens is 6. The summed E-state index contributed by atoms with van der Waals surface area (Å²) >= 11 is 0. The van der Waals surface area contributed by atoms with Crippen molar-refractivity contribution in [3.63, 3.8) is 0 Å². The monoisotopic (exact) mass is 520 g/mol. The van der Waals surface area contributed by atoms with Crippen LogP contribution in [0.1, 0.15) is 37.3 Å². The molecule has 10 heteroatoms. The van der Waals surface area contributed by atoms with Crippen molar-refractivity contribution in [2.24, 2.45) is 0 Å². The van der Waals surface area contributed by atoms with Gasteiger partial charge in [0.05, 0.1) is 36.5 Å². The number of nitrogens with zero attached hydrogens (tertiary/aromatic N) is 8. The van der Waals surface area contributed by atoms with Gasteiger partial charge in [-0.15, -0.1) is 0 Å². The van der Waals surface area contributed by atoms with E-state index in [1.165, 1.54) is 19.3 Å². The fourth-order valence-electron chi connectivity index (χ4n) is 5.90. The average Bonchev–Trinajstić information content (AvgIpc) is 3.53. The topological polar surface area (TPSA) is 87.4 Å². The fourth-order valence-corrected chi connectivity index (χ4v) is 5.90. The third-order valence-corrected chi connectivity index (χ3v) is 7.90. The van der Waals surface area contributed by atoms with Gasteiger partial charge >= 0.3 is 5.69 Å². The molecule has 10 nitrogen and oxygen atoms in total. The number of para-hydroxylation sites is 1. The molecule has 0 bridgehead atoms. The van der Waals surface area contributed by atoms with Gasteiger partial charge in [0.2, 0.25) is 5.95 Å². The van der Waals surface area contributed by atoms with Gasteiger partial charge in [0, 0.05) is 25.1 Å². The van der Waals surface area contributed by atoms with Gasteiger partial charge in [-0.2, -0.15) is 4.98 Å². The Morgan fingerprint density at radius 1 is 1.03 bits per heavy atom. The summed E-state index contributed by atoms with van der Waals surface area (Å²) in [5.74, 6) is 1.21. The lowest BCUT2D eigenvalue weighted by Crippen LogP contribution is -2.36. The number of ether oxygens (including phenoxy) is 1. The molecular weight excluding hydrogens is 492 g/mol. The van der Waals surface area contributed by atoms with E-state index in [2.05, 4.69) is 19.7 Å². The summed E-state index contributed by atoms with van der Waals surface area (Å²) in [5.41, 5.74) is 4.23. The molecule has 0 aliphatic carbocycles. The summed E-state index contributed by atoms with van der Waals surface area (Å²) in [7, 11) is 0. The van der Waals surface area contributed by atoms with E-state index in [1.54, 1.807) is 29.2 Å². The lowest BCUT2D eigenvalue weighted by molar-refractivity contribution is 0.220. The van der Waals surface area contributed by atoms with Crippen molar-refractivity contribution in [3.8, 4) is 11.7 Å². The number of likely N-dealkylation sites (tertiary alicyclic amines) is 1. The zero-order valence-electron chi connectivity index (χ0n) is 21.5. The van der Waals surface area contributed by atoms with Crippen LogP contribution in [0.5, 0.6) is 5.75 Å². The molecule has 0 spiro atoms. The molecule has 196 valence electrons. The van der Waals surface area contributed by atoms with E-state index in [9.17, 15) is 4.79 Å². The van der Waals surface area contributed by atoms with E-state index < -0.39 is 0 Å². The second kappa shape index (κ2) is 9.67. The average molecular weight is 521 g/mol. The SMILES string of the molecule is [C-]#[N+]c1ccc2ncn(-c3ncc4c(n3)n(C3CCOc5ccccc53)c(=O)n4CCN3CCCCC3)c2c1. The molecule has 3 aromatic heterocycles. The first-order valence-corrected chi connectivity index (χ1v) is 13.5. The maximum absolute atomic E-state index is 14.1. The summed E-state index contributed by atoms with van der Waals surface area (Å²) in [6, 6.07) is 13.1. The minimum atomic E-state index is -0.197. The number of imidazole rings is 2. The first-order chi connectivity index (χ1) is 19.2. The number of rotatable bonds is 5. The van der Waals surface area contributed by atoms with Crippen LogP contribution < -0.4 is 10.4 Å². The van der Waals surface area contributed by atoms with Crippen LogP contribution in [0, 0.1) is 6.57 Å². The van der Waals surface area contributed by atoms with Crippen LogP contribution in [0.3, 0.4) is 0 Å². The van der Waals surface area contributed by atoms with Gasteiger partial charge in [-0.25, -0.2) is 19.6 Å². The predicted octanol–water partition coefficient (Wildman–Crippen LogP) is 4.34. The molecule has 0 N–H and O–H groups in total. The van der Waals surface area contributed by atoms with Crippen LogP contribution in [0.25, 0.3) is 33.0 Å². The molecule has 1 fully saturated rings. The first kappa shape index (κ1) is 23.6. The van der Waals surface area contributed by atoms with Crippen LogP contribution >= 0.6 is 0 Å². The van der Waals surface area contributed by atoms with Crippen molar-refractivity contribution in [3.05, 3.63) is 82.5 Å². The van der Waals surface area contributed by atoms with Gasteiger partial charge in [0.15, 0.2) is 11.3 Å². The summed E-state index contributed by atoms with van der Waals surface area (Å²) in [6.07, 6.45) is 7.77. The lowest BCUT2D eigenvalue weighted by Gasteiger charge is -2.27. The summed E-state index contributed by atoms with van der Waals surface area (Å²) in [4.78, 5) is 34.2. The Hall–Kier alpha value is -4.49. The van der Waals surface area contributed by atoms with E-state index in [1.807, 2.05) is 39.5 Å². The highest BCUT2D eigenvalue weighted by atomic mass is 16.5. The molecule has 1 atom stereocenters. The van der Waals surface area contributed by atoms with Crippen molar-refractivity contribution >= 4 is 27.9 Å². The smallest absolute Gasteiger partial charge is 0.330 e. The van der Waals surface area contributed by atoms with Gasteiger partial charge in [0.25, 0.3) is 0 Å². The Balaban J connectivity index is 1.39. The Morgan fingerprint density at radius 2 is 1.90 bits per heavy atom. The lowest BCUT2D eigenvalue weighted by atomic mass is 10.0. The number of hydrogen-bond donors (Lipinski definition) is 0. The van der Waals surface area contributed by atoms with E-state index in [0.29, 0.717) is 36.9 Å². The Labute approximate surface area is 224 Å². The number of benzene rings is 2. The van der Waals surface area contributed by atoms with E-state index in [4.69, 9.17) is 16.3 Å². The predicted molar refractivity (Wildman–Crippen MR) is 148 cm³/mol. The third kappa shape index (κ3) is 4.06. The molecule has 39 heavy (non-hydrogen) atoms. The second-order valence-electron chi connectivity index (χ2n) is 10.2. The van der Waals surface area contributed by atoms with Crippen molar-refractivity contribution in [2.75, 3.05) is 26.2 Å². The molecule has 2 aliphatic rings. The van der Waals surface area contributed by atoms with Crippen LogP contribution in [0.15, 0.2) is 59.8 Å². The van der Waals surface area contributed by atoms with Crippen LogP contribution in [-0.2, 0) is 6.54 Å². The summed E-state index contributed by atoms with van der Waals surface area (Å²) < 4.78 is 11.3. The maximum Gasteiger partial charge on any atom is 0.330 e. The number of piperidine rings is 1. The van der Waals surface area contributed by atoms with Gasteiger partial charge in [0.1, 0.15) is 17.6 Å². The third-order valence-electron chi connectivity index (χ3n) is 7.90. The van der Waals surface area contributed by atoms with E-state index in [-0.39, 0.29) is 11.7 Å². The molecule has 0 saturated carbocycles.